The number of nitrogens with one attached hydrogen (secondary N) is 1. The minimum Gasteiger partial charge on any atom is -0.481 e. The molecule has 0 saturated heterocycles. The molecule has 1 heterocycles. The van der Waals surface area contributed by atoms with Gasteiger partial charge in [0, 0.05) is 11.6 Å². The first-order valence-electron chi connectivity index (χ1n) is 3.31. The van der Waals surface area contributed by atoms with Crippen LogP contribution in [0, 0.1) is 3.57 Å². The predicted octanol–water partition coefficient (Wildman–Crippen LogP) is 1.93. The highest BCUT2D eigenvalue weighted by Gasteiger charge is 2.16. The van der Waals surface area contributed by atoms with Crippen LogP contribution in [0.3, 0.4) is 0 Å². The number of hydrogen-bond acceptors (Lipinski definition) is 2. The van der Waals surface area contributed by atoms with Gasteiger partial charge in [-0.05, 0) is 22.6 Å². The van der Waals surface area contributed by atoms with Crippen LogP contribution in [0.25, 0.3) is 0 Å². The molecule has 0 spiro atoms. The highest BCUT2D eigenvalue weighted by Crippen LogP contribution is 2.27. The lowest BCUT2D eigenvalue weighted by Crippen LogP contribution is -2.10. The fourth-order valence-corrected chi connectivity index (χ4v) is 1.58. The molecule has 0 radical (unpaired) electrons. The highest BCUT2D eigenvalue weighted by atomic mass is 127. The maximum Gasteiger partial charge on any atom is 0.265 e. The Bertz CT molecular complexity index is 364. The molecule has 1 aromatic heterocycles. The molecule has 3 nitrogen and oxygen atoms in total. The monoisotopic (exact) mass is 301 g/mol. The number of aromatic nitrogens is 1. The summed E-state index contributed by atoms with van der Waals surface area (Å²) >= 11 is 1.70. The van der Waals surface area contributed by atoms with Gasteiger partial charge in [-0.2, -0.15) is 0 Å². The van der Waals surface area contributed by atoms with Gasteiger partial charge in [-0.1, -0.05) is 0 Å². The zero-order valence-electron chi connectivity index (χ0n) is 6.61. The molecule has 0 aliphatic carbocycles. The van der Waals surface area contributed by atoms with E-state index in [0.717, 1.165) is 6.07 Å². The summed E-state index contributed by atoms with van der Waals surface area (Å²) in [7, 11) is 1.31. The average Bonchev–Trinajstić information content (AvgIpc) is 2.08. The average molecular weight is 301 g/mol. The Kier molecular flexibility index (Phi) is 3.23. The van der Waals surface area contributed by atoms with Crippen LogP contribution in [-0.4, -0.2) is 12.1 Å². The van der Waals surface area contributed by atoms with Crippen LogP contribution >= 0.6 is 22.6 Å². The molecular weight excluding hydrogens is 295 g/mol. The number of aromatic amines is 1. The van der Waals surface area contributed by atoms with E-state index in [9.17, 15) is 13.6 Å². The number of halogens is 3. The first-order valence-corrected chi connectivity index (χ1v) is 4.39. The molecule has 0 saturated carbocycles. The highest BCUT2D eigenvalue weighted by molar-refractivity contribution is 14.1. The molecular formula is C7H6F2INO2. The van der Waals surface area contributed by atoms with Gasteiger partial charge in [0.15, 0.2) is 0 Å². The molecule has 0 unspecified atom stereocenters. The van der Waals surface area contributed by atoms with Crippen LogP contribution in [-0.2, 0) is 0 Å². The Balaban J connectivity index is 3.36. The maximum atomic E-state index is 12.3. The van der Waals surface area contributed by atoms with Crippen LogP contribution in [0.5, 0.6) is 5.88 Å². The van der Waals surface area contributed by atoms with Crippen molar-refractivity contribution < 1.29 is 13.5 Å². The van der Waals surface area contributed by atoms with Crippen LogP contribution in [0.4, 0.5) is 8.78 Å². The van der Waals surface area contributed by atoms with E-state index in [-0.39, 0.29) is 15.0 Å². The minimum atomic E-state index is -2.66. The van der Waals surface area contributed by atoms with Crippen LogP contribution < -0.4 is 10.3 Å². The molecule has 0 fully saturated rings. The minimum absolute atomic E-state index is 0.0726. The molecule has 72 valence electrons. The Morgan fingerprint density at radius 1 is 1.62 bits per heavy atom. The van der Waals surface area contributed by atoms with E-state index in [0.29, 0.717) is 0 Å². The third-order valence-corrected chi connectivity index (χ3v) is 2.53. The van der Waals surface area contributed by atoms with Crippen molar-refractivity contribution in [3.8, 4) is 5.88 Å². The van der Waals surface area contributed by atoms with Crippen LogP contribution in [0.2, 0.25) is 0 Å². The summed E-state index contributed by atoms with van der Waals surface area (Å²) < 4.78 is 29.6. The van der Waals surface area contributed by atoms with Gasteiger partial charge in [0.1, 0.15) is 0 Å². The zero-order chi connectivity index (χ0) is 10.0. The van der Waals surface area contributed by atoms with Gasteiger partial charge < -0.3 is 4.74 Å². The zero-order valence-corrected chi connectivity index (χ0v) is 8.76. The first-order chi connectivity index (χ1) is 6.06. The topological polar surface area (TPSA) is 42.1 Å². The Morgan fingerprint density at radius 2 is 2.23 bits per heavy atom. The molecule has 1 aromatic rings. The van der Waals surface area contributed by atoms with Gasteiger partial charge in [-0.25, -0.2) is 8.78 Å². The number of rotatable bonds is 2. The maximum absolute atomic E-state index is 12.3. The van der Waals surface area contributed by atoms with E-state index in [2.05, 4.69) is 4.98 Å². The normalized spacial score (nSPS) is 10.5. The first kappa shape index (κ1) is 10.4. The Morgan fingerprint density at radius 3 is 2.69 bits per heavy atom. The number of hydrogen-bond donors (Lipinski definition) is 1. The molecule has 6 heteroatoms. The van der Waals surface area contributed by atoms with Gasteiger partial charge >= 0.3 is 0 Å². The Labute approximate surface area is 86.2 Å². The summed E-state index contributed by atoms with van der Waals surface area (Å²) in [6.07, 6.45) is -2.66. The number of alkyl halides is 2. The van der Waals surface area contributed by atoms with Crippen molar-refractivity contribution in [2.75, 3.05) is 7.11 Å². The third kappa shape index (κ3) is 2.17. The summed E-state index contributed by atoms with van der Waals surface area (Å²) in [6.45, 7) is 0. The molecule has 13 heavy (non-hydrogen) atoms. The lowest BCUT2D eigenvalue weighted by Gasteiger charge is -2.06. The number of methoxy groups -OCH3 is 1. The van der Waals surface area contributed by atoms with Crippen molar-refractivity contribution in [3.63, 3.8) is 0 Å². The fourth-order valence-electron chi connectivity index (χ4n) is 0.838. The molecule has 1 N–H and O–H groups in total. The molecule has 0 bridgehead atoms. The predicted molar refractivity (Wildman–Crippen MR) is 51.3 cm³/mol. The van der Waals surface area contributed by atoms with Gasteiger partial charge in [0.2, 0.25) is 5.88 Å². The largest absolute Gasteiger partial charge is 0.481 e. The second-order valence-corrected chi connectivity index (χ2v) is 3.32. The van der Waals surface area contributed by atoms with E-state index in [1.807, 2.05) is 0 Å². The smallest absolute Gasteiger partial charge is 0.265 e. The van der Waals surface area contributed by atoms with Crippen molar-refractivity contribution in [1.29, 1.82) is 0 Å². The van der Waals surface area contributed by atoms with Crippen LogP contribution in [0.15, 0.2) is 10.9 Å². The van der Waals surface area contributed by atoms with E-state index in [1.165, 1.54) is 7.11 Å². The third-order valence-electron chi connectivity index (χ3n) is 1.42. The number of H-pyrrole nitrogens is 1. The van der Waals surface area contributed by atoms with E-state index < -0.39 is 12.0 Å². The second-order valence-electron chi connectivity index (χ2n) is 2.24. The molecule has 0 amide bonds. The second kappa shape index (κ2) is 4.03. The van der Waals surface area contributed by atoms with Crippen molar-refractivity contribution >= 4 is 22.6 Å². The fraction of sp³-hybridized carbons (Fsp3) is 0.286. The van der Waals surface area contributed by atoms with E-state index in [1.54, 1.807) is 22.6 Å². The number of pyridine rings is 1. The number of ether oxygens (including phenoxy) is 1. The van der Waals surface area contributed by atoms with Gasteiger partial charge in [0.25, 0.3) is 12.0 Å². The quantitative estimate of drug-likeness (QED) is 0.848. The standard InChI is InChI=1S/C7H6F2INO2/c1-13-7-5(10)3(6(8)9)2-4(12)11-7/h2,6H,1H3,(H,11,12). The van der Waals surface area contributed by atoms with Crippen molar-refractivity contribution in [1.82, 2.24) is 4.98 Å². The summed E-state index contributed by atoms with van der Waals surface area (Å²) in [5.74, 6) is 0.0726. The summed E-state index contributed by atoms with van der Waals surface area (Å²) in [5, 5.41) is 0. The van der Waals surface area contributed by atoms with Crippen molar-refractivity contribution in [2.24, 2.45) is 0 Å². The lowest BCUT2D eigenvalue weighted by molar-refractivity contribution is 0.149. The van der Waals surface area contributed by atoms with Gasteiger partial charge in [0.05, 0.1) is 10.7 Å². The SMILES string of the molecule is COc1[nH]c(=O)cc(C(F)F)c1I. The summed E-state index contributed by atoms with van der Waals surface area (Å²) in [4.78, 5) is 13.2. The summed E-state index contributed by atoms with van der Waals surface area (Å²) in [6, 6.07) is 0.870. The van der Waals surface area contributed by atoms with Crippen LogP contribution in [0.1, 0.15) is 12.0 Å². The molecule has 0 aromatic carbocycles. The molecule has 0 atom stereocenters. The van der Waals surface area contributed by atoms with Crippen molar-refractivity contribution in [3.05, 3.63) is 25.6 Å². The van der Waals surface area contributed by atoms with Gasteiger partial charge in [-0.15, -0.1) is 0 Å². The van der Waals surface area contributed by atoms with Gasteiger partial charge in [-0.3, -0.25) is 9.78 Å². The van der Waals surface area contributed by atoms with E-state index >= 15 is 0 Å². The molecule has 0 aliphatic rings. The Hall–Kier alpha value is -0.660. The van der Waals surface area contributed by atoms with Crippen molar-refractivity contribution in [2.45, 2.75) is 6.43 Å². The molecule has 1 rings (SSSR count). The lowest BCUT2D eigenvalue weighted by atomic mass is 10.3. The van der Waals surface area contributed by atoms with E-state index in [4.69, 9.17) is 4.74 Å². The summed E-state index contributed by atoms with van der Waals surface area (Å²) in [5.41, 5.74) is -0.895. The molecule has 0 aliphatic heterocycles.